The summed E-state index contributed by atoms with van der Waals surface area (Å²) in [5.41, 5.74) is 0. The van der Waals surface area contributed by atoms with Crippen molar-refractivity contribution in [2.45, 2.75) is 215 Å². The summed E-state index contributed by atoms with van der Waals surface area (Å²) < 4.78 is 21.7. The molecule has 3 unspecified atom stereocenters. The quantitative estimate of drug-likeness (QED) is 0.0479. The second-order valence-electron chi connectivity index (χ2n) is 15.4. The molecule has 0 aromatic rings. The molecule has 284 valence electrons. The smallest absolute Gasteiger partial charge is 0.373 e. The lowest BCUT2D eigenvalue weighted by Crippen LogP contribution is -2.49. The highest BCUT2D eigenvalue weighted by Crippen LogP contribution is 2.29. The number of unbranched alkanes of at least 4 members (excludes halogenated alkanes) is 13. The van der Waals surface area contributed by atoms with Crippen LogP contribution in [0.15, 0.2) is 0 Å². The Morgan fingerprint density at radius 2 is 0.702 bits per heavy atom. The monoisotopic (exact) mass is 684 g/mol. The topological polar surface area (TPSA) is 30.9 Å². The highest BCUT2D eigenvalue weighted by molar-refractivity contribution is 6.60. The van der Waals surface area contributed by atoms with E-state index in [0.29, 0.717) is 17.8 Å². The minimum Gasteiger partial charge on any atom is -0.373 e. The van der Waals surface area contributed by atoms with E-state index in [1.807, 2.05) is 0 Å². The van der Waals surface area contributed by atoms with Crippen LogP contribution in [0.1, 0.15) is 208 Å². The Labute approximate surface area is 299 Å². The van der Waals surface area contributed by atoms with Crippen molar-refractivity contribution in [1.29, 1.82) is 0 Å². The fourth-order valence-corrected chi connectivity index (χ4v) is 9.67. The number of rotatable bonds is 38. The molecule has 0 spiro atoms. The van der Waals surface area contributed by atoms with Crippen LogP contribution >= 0.6 is 0 Å². The Kier molecular flexibility index (Phi) is 34.5. The molecule has 0 aliphatic carbocycles. The van der Waals surface area contributed by atoms with E-state index < -0.39 is 8.80 Å². The Bertz CT molecular complexity index is 549. The third-order valence-electron chi connectivity index (χ3n) is 10.3. The average Bonchev–Trinajstić information content (AvgIpc) is 3.07. The minimum absolute atomic E-state index is 0.627. The van der Waals surface area contributed by atoms with Crippen molar-refractivity contribution in [2.24, 2.45) is 17.8 Å². The van der Waals surface area contributed by atoms with E-state index in [1.165, 1.54) is 161 Å². The van der Waals surface area contributed by atoms with Gasteiger partial charge in [-0.25, -0.2) is 0 Å². The van der Waals surface area contributed by atoms with Crippen molar-refractivity contribution in [3.63, 3.8) is 0 Å². The van der Waals surface area contributed by atoms with E-state index in [-0.39, 0.29) is 0 Å². The van der Waals surface area contributed by atoms with Gasteiger partial charge < -0.3 is 18.2 Å². The van der Waals surface area contributed by atoms with Gasteiger partial charge in [0.1, 0.15) is 0 Å². The molecular formula is C42H89NO3Si. The van der Waals surface area contributed by atoms with Crippen molar-refractivity contribution >= 4 is 8.80 Å². The molecule has 0 saturated carbocycles. The zero-order valence-corrected chi connectivity index (χ0v) is 34.8. The van der Waals surface area contributed by atoms with E-state index in [9.17, 15) is 0 Å². The Morgan fingerprint density at radius 3 is 1.00 bits per heavy atom. The first-order valence-electron chi connectivity index (χ1n) is 21.5. The van der Waals surface area contributed by atoms with Crippen molar-refractivity contribution in [3.8, 4) is 0 Å². The van der Waals surface area contributed by atoms with Crippen molar-refractivity contribution in [2.75, 3.05) is 40.5 Å². The summed E-state index contributed by atoms with van der Waals surface area (Å²) in [5, 5.41) is 0. The number of hydrogen-bond donors (Lipinski definition) is 0. The van der Waals surface area contributed by atoms with Gasteiger partial charge in [0.2, 0.25) is 0 Å². The first kappa shape index (κ1) is 47.1. The first-order valence-corrected chi connectivity index (χ1v) is 23.4. The van der Waals surface area contributed by atoms with Gasteiger partial charge in [0, 0.05) is 25.9 Å². The van der Waals surface area contributed by atoms with Gasteiger partial charge in [-0.1, -0.05) is 157 Å². The Balaban J connectivity index is 6.11. The molecule has 0 fully saturated rings. The molecule has 0 aliphatic rings. The highest BCUT2D eigenvalue weighted by atomic mass is 28.4. The zero-order valence-electron chi connectivity index (χ0n) is 33.8. The standard InChI is InChI=1S/C42H89NO3Si/c1-9-15-21-24-32-40(29-18-12-4)37-44-47(36-28-27-35-43(7)8,45-38-41(30-19-13-5)33-25-22-16-10-2)46-39-42(31-20-14-6)34-26-23-17-11-3/h40-42H,9-39H2,1-8H3. The molecule has 0 rings (SSSR count). The van der Waals surface area contributed by atoms with E-state index in [1.54, 1.807) is 0 Å². The summed E-state index contributed by atoms with van der Waals surface area (Å²) in [6, 6.07) is 0.976. The molecule has 0 radical (unpaired) electrons. The van der Waals surface area contributed by atoms with Crippen LogP contribution in [0.2, 0.25) is 6.04 Å². The lowest BCUT2D eigenvalue weighted by atomic mass is 9.96. The minimum atomic E-state index is -2.86. The Morgan fingerprint density at radius 1 is 0.383 bits per heavy atom. The van der Waals surface area contributed by atoms with Crippen molar-refractivity contribution < 1.29 is 13.3 Å². The molecule has 0 heterocycles. The van der Waals surface area contributed by atoms with E-state index in [2.05, 4.69) is 60.5 Å². The van der Waals surface area contributed by atoms with Crippen LogP contribution < -0.4 is 0 Å². The van der Waals surface area contributed by atoms with Crippen LogP contribution in [-0.2, 0) is 13.3 Å². The lowest BCUT2D eigenvalue weighted by molar-refractivity contribution is 0.0219. The van der Waals surface area contributed by atoms with Gasteiger partial charge in [0.05, 0.1) is 0 Å². The SMILES string of the molecule is CCCCCCC(CCCC)CO[Si](CCCCN(C)C)(OCC(CCCC)CCCCCC)OCC(CCCC)CCCCCC. The second kappa shape index (κ2) is 34.5. The van der Waals surface area contributed by atoms with Gasteiger partial charge in [-0.15, -0.1) is 0 Å². The Hall–Kier alpha value is 0.0569. The molecule has 0 bridgehead atoms. The van der Waals surface area contributed by atoms with Gasteiger partial charge in [-0.05, 0) is 89.8 Å². The molecule has 5 heteroatoms. The number of hydrogen-bond acceptors (Lipinski definition) is 4. The van der Waals surface area contributed by atoms with Crippen LogP contribution in [-0.4, -0.2) is 54.2 Å². The van der Waals surface area contributed by atoms with Crippen molar-refractivity contribution in [3.05, 3.63) is 0 Å². The van der Waals surface area contributed by atoms with Crippen LogP contribution in [0.3, 0.4) is 0 Å². The van der Waals surface area contributed by atoms with Gasteiger partial charge in [-0.3, -0.25) is 0 Å². The van der Waals surface area contributed by atoms with Gasteiger partial charge >= 0.3 is 8.80 Å². The predicted molar refractivity (Wildman–Crippen MR) is 212 cm³/mol. The zero-order chi connectivity index (χ0) is 34.9. The molecule has 3 atom stereocenters. The van der Waals surface area contributed by atoms with E-state index in [0.717, 1.165) is 38.8 Å². The molecule has 0 aromatic carbocycles. The molecule has 0 N–H and O–H groups in total. The summed E-state index contributed by atoms with van der Waals surface area (Å²) in [7, 11) is 1.53. The fraction of sp³-hybridized carbons (Fsp3) is 1.00. The summed E-state index contributed by atoms with van der Waals surface area (Å²) in [6.45, 7) is 17.6. The summed E-state index contributed by atoms with van der Waals surface area (Å²) >= 11 is 0. The van der Waals surface area contributed by atoms with Gasteiger partial charge in [0.25, 0.3) is 0 Å². The lowest BCUT2D eigenvalue weighted by Gasteiger charge is -2.34. The normalized spacial score (nSPS) is 15.3. The summed E-state index contributed by atoms with van der Waals surface area (Å²) in [6.07, 6.45) is 33.7. The molecule has 47 heavy (non-hydrogen) atoms. The van der Waals surface area contributed by atoms with Crippen LogP contribution in [0.4, 0.5) is 0 Å². The van der Waals surface area contributed by atoms with Gasteiger partial charge in [-0.2, -0.15) is 0 Å². The van der Waals surface area contributed by atoms with Gasteiger partial charge in [0.15, 0.2) is 0 Å². The second-order valence-corrected chi connectivity index (χ2v) is 18.2. The molecule has 0 amide bonds. The van der Waals surface area contributed by atoms with Crippen LogP contribution in [0, 0.1) is 17.8 Å². The van der Waals surface area contributed by atoms with E-state index >= 15 is 0 Å². The number of nitrogens with zero attached hydrogens (tertiary/aromatic N) is 1. The maximum Gasteiger partial charge on any atom is 0.500 e. The predicted octanol–water partition coefficient (Wildman–Crippen LogP) is 13.6. The van der Waals surface area contributed by atoms with E-state index in [4.69, 9.17) is 13.3 Å². The third kappa shape index (κ3) is 28.4. The maximum atomic E-state index is 7.23. The molecule has 0 aliphatic heterocycles. The summed E-state index contributed by atoms with van der Waals surface area (Å²) in [5.74, 6) is 1.88. The summed E-state index contributed by atoms with van der Waals surface area (Å²) in [4.78, 5) is 2.32. The maximum absolute atomic E-state index is 7.23. The fourth-order valence-electron chi connectivity index (χ4n) is 6.84. The highest BCUT2D eigenvalue weighted by Gasteiger charge is 2.42. The molecular weight excluding hydrogens is 595 g/mol. The van der Waals surface area contributed by atoms with Crippen molar-refractivity contribution in [1.82, 2.24) is 4.90 Å². The first-order chi connectivity index (χ1) is 22.9. The molecule has 0 saturated heterocycles. The largest absolute Gasteiger partial charge is 0.500 e. The van der Waals surface area contributed by atoms with Crippen LogP contribution in [0.25, 0.3) is 0 Å². The molecule has 0 aromatic heterocycles. The third-order valence-corrected chi connectivity index (χ3v) is 13.0. The van der Waals surface area contributed by atoms with Crippen LogP contribution in [0.5, 0.6) is 0 Å². The average molecular weight is 684 g/mol. The molecule has 4 nitrogen and oxygen atoms in total.